The van der Waals surface area contributed by atoms with E-state index < -0.39 is 5.60 Å². The molecule has 5 rings (SSSR count). The van der Waals surface area contributed by atoms with E-state index in [-0.39, 0.29) is 23.4 Å². The van der Waals surface area contributed by atoms with Crippen molar-refractivity contribution < 1.29 is 9.90 Å². The van der Waals surface area contributed by atoms with E-state index in [0.29, 0.717) is 31.0 Å². The van der Waals surface area contributed by atoms with Crippen LogP contribution in [0.2, 0.25) is 5.02 Å². The molecule has 0 aliphatic carbocycles. The van der Waals surface area contributed by atoms with Crippen molar-refractivity contribution in [3.05, 3.63) is 107 Å². The van der Waals surface area contributed by atoms with Crippen LogP contribution in [0.25, 0.3) is 0 Å². The van der Waals surface area contributed by atoms with Crippen LogP contribution in [0.4, 0.5) is 0 Å². The molecule has 0 spiro atoms. The highest BCUT2D eigenvalue weighted by molar-refractivity contribution is 6.30. The fraction of sp³-hybridized carbons (Fsp3) is 0.525. The van der Waals surface area contributed by atoms with Gasteiger partial charge in [-0.1, -0.05) is 91.3 Å². The van der Waals surface area contributed by atoms with Gasteiger partial charge in [0.1, 0.15) is 0 Å². The van der Waals surface area contributed by atoms with Crippen LogP contribution in [0.1, 0.15) is 75.0 Å². The number of hydrogen-bond acceptors (Lipinski definition) is 5. The van der Waals surface area contributed by atoms with Gasteiger partial charge >= 0.3 is 0 Å². The maximum atomic E-state index is 13.9. The number of likely N-dealkylation sites (tertiary alicyclic amines) is 2. The average Bonchev–Trinajstić information content (AvgIpc) is 3.10. The second-order valence-corrected chi connectivity index (χ2v) is 14.8. The highest BCUT2D eigenvalue weighted by atomic mass is 35.5. The number of benzene rings is 3. The molecule has 2 aliphatic rings. The lowest BCUT2D eigenvalue weighted by atomic mass is 9.72. The summed E-state index contributed by atoms with van der Waals surface area (Å²) in [6, 6.07) is 29.1. The lowest BCUT2D eigenvalue weighted by molar-refractivity contribution is -0.129. The predicted molar refractivity (Wildman–Crippen MR) is 194 cm³/mol. The standard InChI is InChI=1S/C40H55ClN4O2/c1-39(33-12-6-4-7-13-33,34-14-8-5-9-15-34)23-20-37(45-30-24-40(47,25-31-45)35-16-18-36(41)19-17-35)42-38(46)32-21-28-44(29-22-32)27-11-10-26-43(2)3/h4-9,12-19,32,37,47H,10-11,20-31H2,1-3H3,(H,42,46). The Kier molecular flexibility index (Phi) is 12.5. The summed E-state index contributed by atoms with van der Waals surface area (Å²) in [4.78, 5) is 21.1. The lowest BCUT2D eigenvalue weighted by Crippen LogP contribution is -2.55. The molecular weight excluding hydrogens is 604 g/mol. The summed E-state index contributed by atoms with van der Waals surface area (Å²) in [6.07, 6.45) is 7.06. The first-order valence-electron chi connectivity index (χ1n) is 17.7. The Labute approximate surface area is 288 Å². The zero-order valence-electron chi connectivity index (χ0n) is 28.7. The number of amides is 1. The van der Waals surface area contributed by atoms with Gasteiger partial charge in [0.05, 0.1) is 11.8 Å². The smallest absolute Gasteiger partial charge is 0.224 e. The van der Waals surface area contributed by atoms with E-state index in [0.717, 1.165) is 57.4 Å². The first kappa shape index (κ1) is 35.6. The average molecular weight is 659 g/mol. The van der Waals surface area contributed by atoms with Crippen molar-refractivity contribution in [1.29, 1.82) is 0 Å². The number of carbonyl (C=O) groups is 1. The molecule has 0 aromatic heterocycles. The van der Waals surface area contributed by atoms with Gasteiger partial charge in [-0.05, 0) is 120 Å². The van der Waals surface area contributed by atoms with Crippen molar-refractivity contribution in [3.63, 3.8) is 0 Å². The molecule has 254 valence electrons. The van der Waals surface area contributed by atoms with Gasteiger partial charge in [0, 0.05) is 29.4 Å². The van der Waals surface area contributed by atoms with Crippen LogP contribution < -0.4 is 5.32 Å². The maximum Gasteiger partial charge on any atom is 0.224 e. The topological polar surface area (TPSA) is 59.0 Å². The Balaban J connectivity index is 1.28. The molecule has 7 heteroatoms. The maximum absolute atomic E-state index is 13.9. The van der Waals surface area contributed by atoms with Gasteiger partial charge in [-0.3, -0.25) is 9.69 Å². The summed E-state index contributed by atoms with van der Waals surface area (Å²) in [6.45, 7) is 7.98. The largest absolute Gasteiger partial charge is 0.385 e. The Morgan fingerprint density at radius 2 is 1.49 bits per heavy atom. The van der Waals surface area contributed by atoms with E-state index >= 15 is 0 Å². The van der Waals surface area contributed by atoms with E-state index in [1.165, 1.54) is 24.0 Å². The van der Waals surface area contributed by atoms with Gasteiger partial charge in [0.25, 0.3) is 0 Å². The number of nitrogens with zero attached hydrogens (tertiary/aromatic N) is 3. The van der Waals surface area contributed by atoms with E-state index in [4.69, 9.17) is 11.6 Å². The molecule has 2 N–H and O–H groups in total. The summed E-state index contributed by atoms with van der Waals surface area (Å²) in [5, 5.41) is 15.9. The van der Waals surface area contributed by atoms with E-state index in [1.807, 2.05) is 24.3 Å². The summed E-state index contributed by atoms with van der Waals surface area (Å²) < 4.78 is 0. The number of nitrogens with one attached hydrogen (secondary N) is 1. The fourth-order valence-corrected chi connectivity index (χ4v) is 7.68. The minimum absolute atomic E-state index is 0.0425. The normalized spacial score (nSPS) is 18.7. The van der Waals surface area contributed by atoms with E-state index in [2.05, 4.69) is 102 Å². The van der Waals surface area contributed by atoms with Crippen molar-refractivity contribution in [2.45, 2.75) is 75.5 Å². The summed E-state index contributed by atoms with van der Waals surface area (Å²) in [5.41, 5.74) is 2.38. The Bertz CT molecular complexity index is 1330. The molecule has 2 fully saturated rings. The number of unbranched alkanes of at least 4 members (excludes halogenated alkanes) is 1. The molecular formula is C40H55ClN4O2. The van der Waals surface area contributed by atoms with Crippen molar-refractivity contribution in [2.24, 2.45) is 5.92 Å². The number of aliphatic hydroxyl groups is 1. The van der Waals surface area contributed by atoms with Crippen LogP contribution in [0, 0.1) is 5.92 Å². The van der Waals surface area contributed by atoms with Gasteiger partial charge in [-0.15, -0.1) is 0 Å². The molecule has 3 aromatic carbocycles. The summed E-state index contributed by atoms with van der Waals surface area (Å²) in [5.74, 6) is 0.225. The Morgan fingerprint density at radius 3 is 2.04 bits per heavy atom. The highest BCUT2D eigenvalue weighted by Gasteiger charge is 2.38. The molecule has 1 unspecified atom stereocenters. The molecule has 47 heavy (non-hydrogen) atoms. The van der Waals surface area contributed by atoms with Crippen molar-refractivity contribution in [1.82, 2.24) is 20.0 Å². The molecule has 3 aromatic rings. The molecule has 1 amide bonds. The number of rotatable bonds is 14. The summed E-state index contributed by atoms with van der Waals surface area (Å²) in [7, 11) is 4.26. The van der Waals surface area contributed by atoms with Crippen LogP contribution in [-0.4, -0.2) is 85.2 Å². The number of halogens is 1. The van der Waals surface area contributed by atoms with Gasteiger partial charge in [-0.2, -0.15) is 0 Å². The molecule has 0 saturated carbocycles. The first-order chi connectivity index (χ1) is 22.7. The van der Waals surface area contributed by atoms with Crippen molar-refractivity contribution in [2.75, 3.05) is 53.4 Å². The lowest BCUT2D eigenvalue weighted by Gasteiger charge is -2.43. The number of carbonyl (C=O) groups excluding carboxylic acids is 1. The quantitative estimate of drug-likeness (QED) is 0.185. The Morgan fingerprint density at radius 1 is 0.915 bits per heavy atom. The SMILES string of the molecule is CN(C)CCCCN1CCC(C(=O)NC(CCC(C)(c2ccccc2)c2ccccc2)N2CCC(O)(c3ccc(Cl)cc3)CC2)CC1. The monoisotopic (exact) mass is 658 g/mol. The summed E-state index contributed by atoms with van der Waals surface area (Å²) >= 11 is 6.15. The van der Waals surface area contributed by atoms with Crippen LogP contribution in [0.5, 0.6) is 0 Å². The van der Waals surface area contributed by atoms with Crippen molar-refractivity contribution in [3.8, 4) is 0 Å². The minimum Gasteiger partial charge on any atom is -0.385 e. The number of piperidine rings is 2. The zero-order chi connectivity index (χ0) is 33.3. The van der Waals surface area contributed by atoms with E-state index in [9.17, 15) is 9.90 Å². The van der Waals surface area contributed by atoms with Gasteiger partial charge in [0.15, 0.2) is 0 Å². The molecule has 2 aliphatic heterocycles. The number of hydrogen-bond donors (Lipinski definition) is 2. The third-order valence-corrected chi connectivity index (χ3v) is 11.0. The zero-order valence-corrected chi connectivity index (χ0v) is 29.5. The van der Waals surface area contributed by atoms with Crippen LogP contribution in [-0.2, 0) is 15.8 Å². The fourth-order valence-electron chi connectivity index (χ4n) is 7.56. The third kappa shape index (κ3) is 9.45. The van der Waals surface area contributed by atoms with Crippen molar-refractivity contribution >= 4 is 17.5 Å². The molecule has 1 atom stereocenters. The molecule has 0 radical (unpaired) electrons. The van der Waals surface area contributed by atoms with E-state index in [1.54, 1.807) is 0 Å². The van der Waals surface area contributed by atoms with Crippen LogP contribution in [0.3, 0.4) is 0 Å². The Hall–Kier alpha value is -2.74. The first-order valence-corrected chi connectivity index (χ1v) is 18.1. The van der Waals surface area contributed by atoms with Crippen LogP contribution in [0.15, 0.2) is 84.9 Å². The second kappa shape index (κ2) is 16.6. The predicted octanol–water partition coefficient (Wildman–Crippen LogP) is 6.91. The highest BCUT2D eigenvalue weighted by Crippen LogP contribution is 2.39. The molecule has 2 saturated heterocycles. The second-order valence-electron chi connectivity index (χ2n) is 14.3. The molecule has 6 nitrogen and oxygen atoms in total. The van der Waals surface area contributed by atoms with Gasteiger partial charge < -0.3 is 20.2 Å². The minimum atomic E-state index is -0.891. The van der Waals surface area contributed by atoms with Crippen LogP contribution >= 0.6 is 11.6 Å². The molecule has 2 heterocycles. The molecule has 0 bridgehead atoms. The third-order valence-electron chi connectivity index (χ3n) is 10.8. The van der Waals surface area contributed by atoms with Gasteiger partial charge in [0.2, 0.25) is 5.91 Å². The van der Waals surface area contributed by atoms with Gasteiger partial charge in [-0.25, -0.2) is 0 Å².